The fourth-order valence-electron chi connectivity index (χ4n) is 4.40. The first kappa shape index (κ1) is 23.8. The molecule has 1 N–H and O–H groups in total. The molecular formula is C25H27F2N3O4. The molecule has 34 heavy (non-hydrogen) atoms. The SMILES string of the molecule is O=C(N[C@@H](C(=O)N1CCOCC1)C1CCN(C(=O)c2ccc(F)cc2)CC1)c1ccc(F)cc1. The van der Waals surface area contributed by atoms with E-state index in [0.29, 0.717) is 57.8 Å². The molecule has 1 atom stereocenters. The van der Waals surface area contributed by atoms with Crippen LogP contribution in [0, 0.1) is 17.6 Å². The minimum absolute atomic E-state index is 0.169. The second-order valence-corrected chi connectivity index (χ2v) is 8.53. The predicted octanol–water partition coefficient (Wildman–Crippen LogP) is 2.47. The van der Waals surface area contributed by atoms with Crippen LogP contribution in [0.4, 0.5) is 8.78 Å². The number of carbonyl (C=O) groups excluding carboxylic acids is 3. The van der Waals surface area contributed by atoms with Crippen LogP contribution in [-0.2, 0) is 9.53 Å². The van der Waals surface area contributed by atoms with E-state index in [1.807, 2.05) is 0 Å². The van der Waals surface area contributed by atoms with E-state index in [2.05, 4.69) is 5.32 Å². The number of benzene rings is 2. The van der Waals surface area contributed by atoms with Crippen LogP contribution < -0.4 is 5.32 Å². The summed E-state index contributed by atoms with van der Waals surface area (Å²) >= 11 is 0. The summed E-state index contributed by atoms with van der Waals surface area (Å²) < 4.78 is 31.8. The van der Waals surface area contributed by atoms with Gasteiger partial charge in [-0.3, -0.25) is 14.4 Å². The minimum Gasteiger partial charge on any atom is -0.378 e. The van der Waals surface area contributed by atoms with Crippen LogP contribution in [0.15, 0.2) is 48.5 Å². The Morgan fingerprint density at radius 3 is 1.88 bits per heavy atom. The third-order valence-corrected chi connectivity index (χ3v) is 6.37. The van der Waals surface area contributed by atoms with Crippen LogP contribution in [-0.4, -0.2) is 73.0 Å². The molecule has 0 aliphatic carbocycles. The number of nitrogens with one attached hydrogen (secondary N) is 1. The van der Waals surface area contributed by atoms with Crippen LogP contribution >= 0.6 is 0 Å². The lowest BCUT2D eigenvalue weighted by Gasteiger charge is -2.38. The summed E-state index contributed by atoms with van der Waals surface area (Å²) in [5.41, 5.74) is 0.676. The van der Waals surface area contributed by atoms with E-state index >= 15 is 0 Å². The lowest BCUT2D eigenvalue weighted by atomic mass is 9.87. The summed E-state index contributed by atoms with van der Waals surface area (Å²) in [6, 6.07) is 9.81. The van der Waals surface area contributed by atoms with Crippen LogP contribution in [0.25, 0.3) is 0 Å². The molecule has 4 rings (SSSR count). The number of likely N-dealkylation sites (tertiary alicyclic amines) is 1. The van der Waals surface area contributed by atoms with Gasteiger partial charge in [0, 0.05) is 37.3 Å². The van der Waals surface area contributed by atoms with Crippen molar-refractivity contribution in [3.8, 4) is 0 Å². The van der Waals surface area contributed by atoms with Gasteiger partial charge in [0.15, 0.2) is 0 Å². The Hall–Kier alpha value is -3.33. The molecule has 180 valence electrons. The quantitative estimate of drug-likeness (QED) is 0.727. The molecule has 2 aromatic carbocycles. The molecule has 0 unspecified atom stereocenters. The maximum Gasteiger partial charge on any atom is 0.253 e. The Bertz CT molecular complexity index is 1020. The van der Waals surface area contributed by atoms with Gasteiger partial charge in [-0.25, -0.2) is 8.78 Å². The van der Waals surface area contributed by atoms with Crippen molar-refractivity contribution in [1.29, 1.82) is 0 Å². The number of nitrogens with zero attached hydrogens (tertiary/aromatic N) is 2. The highest BCUT2D eigenvalue weighted by atomic mass is 19.1. The van der Waals surface area contributed by atoms with Crippen molar-refractivity contribution in [2.75, 3.05) is 39.4 Å². The van der Waals surface area contributed by atoms with Crippen molar-refractivity contribution in [2.24, 2.45) is 5.92 Å². The molecule has 9 heteroatoms. The molecule has 0 saturated carbocycles. The van der Waals surface area contributed by atoms with Crippen molar-refractivity contribution in [3.05, 3.63) is 71.3 Å². The third-order valence-electron chi connectivity index (χ3n) is 6.37. The number of carbonyl (C=O) groups is 3. The summed E-state index contributed by atoms with van der Waals surface area (Å²) in [6.45, 7) is 2.61. The molecular weight excluding hydrogens is 444 g/mol. The maximum absolute atomic E-state index is 13.4. The summed E-state index contributed by atoms with van der Waals surface area (Å²) in [5, 5.41) is 2.86. The van der Waals surface area contributed by atoms with Gasteiger partial charge in [-0.1, -0.05) is 0 Å². The number of piperidine rings is 1. The zero-order valence-electron chi connectivity index (χ0n) is 18.7. The summed E-state index contributed by atoms with van der Waals surface area (Å²) in [6.07, 6.45) is 1.05. The number of amides is 3. The lowest BCUT2D eigenvalue weighted by molar-refractivity contribution is -0.139. The van der Waals surface area contributed by atoms with Crippen LogP contribution in [0.5, 0.6) is 0 Å². The smallest absolute Gasteiger partial charge is 0.253 e. The number of hydrogen-bond acceptors (Lipinski definition) is 4. The fourth-order valence-corrected chi connectivity index (χ4v) is 4.40. The topological polar surface area (TPSA) is 79.0 Å². The Balaban J connectivity index is 1.45. The number of rotatable bonds is 5. The zero-order valence-corrected chi connectivity index (χ0v) is 18.7. The Morgan fingerprint density at radius 1 is 0.794 bits per heavy atom. The molecule has 7 nitrogen and oxygen atoms in total. The molecule has 0 aromatic heterocycles. The van der Waals surface area contributed by atoms with Gasteiger partial charge in [0.25, 0.3) is 11.8 Å². The Kier molecular flexibility index (Phi) is 7.52. The van der Waals surface area contributed by atoms with Gasteiger partial charge in [0.1, 0.15) is 17.7 Å². The summed E-state index contributed by atoms with van der Waals surface area (Å²) in [7, 11) is 0. The van der Waals surface area contributed by atoms with Crippen molar-refractivity contribution in [2.45, 2.75) is 18.9 Å². The first-order chi connectivity index (χ1) is 16.4. The molecule has 2 aliphatic heterocycles. The normalized spacial score (nSPS) is 17.8. The molecule has 2 aromatic rings. The zero-order chi connectivity index (χ0) is 24.1. The fraction of sp³-hybridized carbons (Fsp3) is 0.400. The largest absolute Gasteiger partial charge is 0.378 e. The minimum atomic E-state index is -0.765. The molecule has 3 amide bonds. The Morgan fingerprint density at radius 2 is 1.32 bits per heavy atom. The highest BCUT2D eigenvalue weighted by Gasteiger charge is 2.36. The van der Waals surface area contributed by atoms with Crippen LogP contribution in [0.2, 0.25) is 0 Å². The van der Waals surface area contributed by atoms with Gasteiger partial charge in [0.2, 0.25) is 5.91 Å². The second-order valence-electron chi connectivity index (χ2n) is 8.53. The second kappa shape index (κ2) is 10.7. The molecule has 0 spiro atoms. The molecule has 2 fully saturated rings. The summed E-state index contributed by atoms with van der Waals surface area (Å²) in [5.74, 6) is -1.84. The highest BCUT2D eigenvalue weighted by Crippen LogP contribution is 2.24. The van der Waals surface area contributed by atoms with Gasteiger partial charge >= 0.3 is 0 Å². The van der Waals surface area contributed by atoms with E-state index in [1.54, 1.807) is 9.80 Å². The molecule has 2 heterocycles. The number of hydrogen-bond donors (Lipinski definition) is 1. The Labute approximate surface area is 196 Å². The molecule has 0 bridgehead atoms. The number of ether oxygens (including phenoxy) is 1. The average molecular weight is 472 g/mol. The van der Waals surface area contributed by atoms with Crippen LogP contribution in [0.3, 0.4) is 0 Å². The monoisotopic (exact) mass is 471 g/mol. The van der Waals surface area contributed by atoms with E-state index in [9.17, 15) is 23.2 Å². The van der Waals surface area contributed by atoms with Gasteiger partial charge in [-0.2, -0.15) is 0 Å². The van der Waals surface area contributed by atoms with Crippen molar-refractivity contribution in [3.63, 3.8) is 0 Å². The first-order valence-corrected chi connectivity index (χ1v) is 11.4. The van der Waals surface area contributed by atoms with E-state index in [4.69, 9.17) is 4.74 Å². The summed E-state index contributed by atoms with van der Waals surface area (Å²) in [4.78, 5) is 42.4. The van der Waals surface area contributed by atoms with E-state index < -0.39 is 23.6 Å². The standard InChI is InChI=1S/C25H27F2N3O4/c26-20-5-1-18(2-6-20)23(31)28-22(25(33)30-13-15-34-16-14-30)17-9-11-29(12-10-17)24(32)19-3-7-21(27)8-4-19/h1-8,17,22H,9-16H2,(H,28,31)/t22-/m1/s1. The molecule has 0 radical (unpaired) electrons. The van der Waals surface area contributed by atoms with Crippen LogP contribution in [0.1, 0.15) is 33.6 Å². The maximum atomic E-state index is 13.4. The average Bonchev–Trinajstić information content (AvgIpc) is 2.88. The van der Waals surface area contributed by atoms with Gasteiger partial charge < -0.3 is 19.9 Å². The third kappa shape index (κ3) is 5.59. The van der Waals surface area contributed by atoms with Crippen molar-refractivity contribution >= 4 is 17.7 Å². The van der Waals surface area contributed by atoms with Crippen molar-refractivity contribution in [1.82, 2.24) is 15.1 Å². The number of morpholine rings is 1. The van der Waals surface area contributed by atoms with Gasteiger partial charge in [0.05, 0.1) is 13.2 Å². The molecule has 2 aliphatic rings. The van der Waals surface area contributed by atoms with Gasteiger partial charge in [-0.15, -0.1) is 0 Å². The van der Waals surface area contributed by atoms with Crippen molar-refractivity contribution < 1.29 is 27.9 Å². The van der Waals surface area contributed by atoms with E-state index in [1.165, 1.54) is 48.5 Å². The highest BCUT2D eigenvalue weighted by molar-refractivity contribution is 5.97. The van der Waals surface area contributed by atoms with E-state index in [-0.39, 0.29) is 23.3 Å². The predicted molar refractivity (Wildman–Crippen MR) is 120 cm³/mol. The molecule has 2 saturated heterocycles. The first-order valence-electron chi connectivity index (χ1n) is 11.4. The number of halogens is 2. The van der Waals surface area contributed by atoms with E-state index in [0.717, 1.165) is 0 Å². The van der Waals surface area contributed by atoms with Gasteiger partial charge in [-0.05, 0) is 67.3 Å². The lowest BCUT2D eigenvalue weighted by Crippen LogP contribution is -2.56.